The van der Waals surface area contributed by atoms with E-state index in [-0.39, 0.29) is 12.5 Å². The molecule has 1 aromatic carbocycles. The molecular weight excluding hydrogens is 327 g/mol. The van der Waals surface area contributed by atoms with Crippen molar-refractivity contribution in [3.05, 3.63) is 47.4 Å². The number of alkyl halides is 3. The third-order valence-corrected chi connectivity index (χ3v) is 4.27. The van der Waals surface area contributed by atoms with E-state index < -0.39 is 35.1 Å². The van der Waals surface area contributed by atoms with Crippen molar-refractivity contribution in [2.75, 3.05) is 13.2 Å². The number of carboxylic acid groups (broad SMARTS) is 1. The number of hydrogen-bond donors (Lipinski definition) is 1. The van der Waals surface area contributed by atoms with Gasteiger partial charge in [0.05, 0.1) is 23.7 Å². The van der Waals surface area contributed by atoms with Crippen LogP contribution in [0.1, 0.15) is 22.3 Å². The number of halogens is 3. The van der Waals surface area contributed by atoms with Crippen LogP contribution in [0.3, 0.4) is 0 Å². The molecule has 1 fully saturated rings. The zero-order valence-electron chi connectivity index (χ0n) is 12.4. The summed E-state index contributed by atoms with van der Waals surface area (Å²) in [6.07, 6.45) is -2.83. The second-order valence-electron chi connectivity index (χ2n) is 5.72. The van der Waals surface area contributed by atoms with Crippen molar-refractivity contribution in [1.82, 2.24) is 4.90 Å². The Morgan fingerprint density at radius 3 is 2.62 bits per heavy atom. The van der Waals surface area contributed by atoms with Gasteiger partial charge in [0.15, 0.2) is 0 Å². The van der Waals surface area contributed by atoms with E-state index in [0.717, 1.165) is 17.0 Å². The Bertz CT molecular complexity index is 714. The quantitative estimate of drug-likeness (QED) is 0.898. The summed E-state index contributed by atoms with van der Waals surface area (Å²) in [6.45, 7) is 0.152. The van der Waals surface area contributed by atoms with Crippen LogP contribution < -0.4 is 0 Å². The van der Waals surface area contributed by atoms with Gasteiger partial charge in [-0.05, 0) is 18.6 Å². The number of carboxylic acids is 1. The maximum Gasteiger partial charge on any atom is 0.417 e. The predicted molar refractivity (Wildman–Crippen MR) is 75.7 cm³/mol. The number of fused-ring (bicyclic) bond motifs is 1. The molecular formula is C16H14F3NO4. The molecule has 0 aromatic heterocycles. The number of nitrogens with zero attached hydrogens (tertiary/aromatic N) is 1. The second kappa shape index (κ2) is 5.85. The first-order valence-corrected chi connectivity index (χ1v) is 7.33. The van der Waals surface area contributed by atoms with E-state index in [9.17, 15) is 27.9 Å². The summed E-state index contributed by atoms with van der Waals surface area (Å²) in [5, 5.41) is 9.34. The van der Waals surface area contributed by atoms with Crippen LogP contribution in [0.2, 0.25) is 0 Å². The van der Waals surface area contributed by atoms with Crippen LogP contribution in [0.4, 0.5) is 13.2 Å². The molecule has 5 nitrogen and oxygen atoms in total. The highest BCUT2D eigenvalue weighted by atomic mass is 19.4. The number of ether oxygens (including phenoxy) is 1. The molecule has 2 atom stereocenters. The van der Waals surface area contributed by atoms with Gasteiger partial charge in [0.1, 0.15) is 5.76 Å². The molecule has 8 heteroatoms. The van der Waals surface area contributed by atoms with Crippen LogP contribution in [0.15, 0.2) is 36.2 Å². The maximum absolute atomic E-state index is 13.1. The Morgan fingerprint density at radius 2 is 1.96 bits per heavy atom. The molecule has 1 amide bonds. The van der Waals surface area contributed by atoms with Gasteiger partial charge in [-0.1, -0.05) is 12.1 Å². The van der Waals surface area contributed by atoms with Crippen LogP contribution in [0.5, 0.6) is 0 Å². The van der Waals surface area contributed by atoms with Crippen molar-refractivity contribution in [3.8, 4) is 0 Å². The van der Waals surface area contributed by atoms with Crippen LogP contribution in [0.25, 0.3) is 0 Å². The van der Waals surface area contributed by atoms with E-state index in [2.05, 4.69) is 0 Å². The Morgan fingerprint density at radius 1 is 1.25 bits per heavy atom. The lowest BCUT2D eigenvalue weighted by molar-refractivity contribution is -0.144. The lowest BCUT2D eigenvalue weighted by atomic mass is 9.86. The first-order valence-electron chi connectivity index (χ1n) is 7.33. The third-order valence-electron chi connectivity index (χ3n) is 4.27. The van der Waals surface area contributed by atoms with E-state index in [4.69, 9.17) is 4.74 Å². The van der Waals surface area contributed by atoms with E-state index in [0.29, 0.717) is 18.8 Å². The first-order chi connectivity index (χ1) is 11.3. The fourth-order valence-corrected chi connectivity index (χ4v) is 3.09. The van der Waals surface area contributed by atoms with Crippen molar-refractivity contribution in [2.24, 2.45) is 11.8 Å². The summed E-state index contributed by atoms with van der Waals surface area (Å²) >= 11 is 0. The summed E-state index contributed by atoms with van der Waals surface area (Å²) in [5.74, 6) is -2.89. The summed E-state index contributed by atoms with van der Waals surface area (Å²) in [4.78, 5) is 25.0. The normalized spacial score (nSPS) is 23.3. The highest BCUT2D eigenvalue weighted by molar-refractivity contribution is 5.97. The minimum atomic E-state index is -4.67. The number of benzene rings is 1. The minimum Gasteiger partial charge on any atom is -0.496 e. The van der Waals surface area contributed by atoms with Crippen LogP contribution in [0, 0.1) is 11.8 Å². The molecule has 0 bridgehead atoms. The lowest BCUT2D eigenvalue weighted by Crippen LogP contribution is -2.42. The van der Waals surface area contributed by atoms with Gasteiger partial charge in [-0.15, -0.1) is 0 Å². The Labute approximate surface area is 135 Å². The Hall–Kier alpha value is -2.51. The minimum absolute atomic E-state index is 0.183. The predicted octanol–water partition coefficient (Wildman–Crippen LogP) is 2.74. The van der Waals surface area contributed by atoms with E-state index in [1.165, 1.54) is 18.3 Å². The van der Waals surface area contributed by atoms with Crippen LogP contribution >= 0.6 is 0 Å². The molecule has 128 valence electrons. The molecule has 1 N–H and O–H groups in total. The average Bonchev–Trinajstić information content (AvgIpc) is 3.00. The molecule has 2 heterocycles. The van der Waals surface area contributed by atoms with Gasteiger partial charge in [-0.25, -0.2) is 0 Å². The number of allylic oxidation sites excluding steroid dienone is 1. The maximum atomic E-state index is 13.1. The van der Waals surface area contributed by atoms with Crippen LogP contribution in [-0.2, 0) is 15.7 Å². The molecule has 2 aliphatic heterocycles. The number of carbonyl (C=O) groups excluding carboxylic acids is 1. The molecule has 0 saturated carbocycles. The fraction of sp³-hybridized carbons (Fsp3) is 0.375. The number of hydrogen-bond acceptors (Lipinski definition) is 3. The topological polar surface area (TPSA) is 66.8 Å². The van der Waals surface area contributed by atoms with Crippen LogP contribution in [-0.4, -0.2) is 35.0 Å². The third kappa shape index (κ3) is 2.83. The lowest BCUT2D eigenvalue weighted by Gasteiger charge is -2.31. The van der Waals surface area contributed by atoms with Gasteiger partial charge in [-0.3, -0.25) is 9.59 Å². The molecule has 0 spiro atoms. The van der Waals surface area contributed by atoms with Crippen molar-refractivity contribution in [3.63, 3.8) is 0 Å². The number of amides is 1. The smallest absolute Gasteiger partial charge is 0.417 e. The molecule has 0 aliphatic carbocycles. The van der Waals surface area contributed by atoms with Crippen molar-refractivity contribution in [1.29, 1.82) is 0 Å². The zero-order chi connectivity index (χ0) is 17.5. The monoisotopic (exact) mass is 341 g/mol. The molecule has 3 rings (SSSR count). The Balaban J connectivity index is 1.96. The molecule has 24 heavy (non-hydrogen) atoms. The Kier molecular flexibility index (Phi) is 3.98. The van der Waals surface area contributed by atoms with Crippen molar-refractivity contribution in [2.45, 2.75) is 12.6 Å². The second-order valence-corrected chi connectivity index (χ2v) is 5.72. The van der Waals surface area contributed by atoms with Gasteiger partial charge >= 0.3 is 12.1 Å². The number of rotatable bonds is 2. The summed E-state index contributed by atoms with van der Waals surface area (Å²) in [5.41, 5.74) is -1.56. The largest absolute Gasteiger partial charge is 0.496 e. The van der Waals surface area contributed by atoms with E-state index >= 15 is 0 Å². The highest BCUT2D eigenvalue weighted by Crippen LogP contribution is 2.38. The molecule has 1 aromatic rings. The van der Waals surface area contributed by atoms with E-state index in [1.54, 1.807) is 0 Å². The molecule has 2 unspecified atom stereocenters. The van der Waals surface area contributed by atoms with Crippen molar-refractivity contribution >= 4 is 11.9 Å². The van der Waals surface area contributed by atoms with Gasteiger partial charge < -0.3 is 14.7 Å². The van der Waals surface area contributed by atoms with Crippen molar-refractivity contribution < 1.29 is 32.6 Å². The zero-order valence-corrected chi connectivity index (χ0v) is 12.4. The first kappa shape index (κ1) is 16.4. The number of aliphatic carboxylic acids is 1. The molecule has 2 aliphatic rings. The van der Waals surface area contributed by atoms with E-state index in [1.807, 2.05) is 0 Å². The summed E-state index contributed by atoms with van der Waals surface area (Å²) < 4.78 is 44.6. The average molecular weight is 341 g/mol. The van der Waals surface area contributed by atoms with Gasteiger partial charge in [-0.2, -0.15) is 13.2 Å². The fourth-order valence-electron chi connectivity index (χ4n) is 3.09. The van der Waals surface area contributed by atoms with Gasteiger partial charge in [0.25, 0.3) is 5.91 Å². The standard InChI is InChI=1S/C16H14F3NO4/c17-16(18,19)12-4-2-1-3-10(12)14(21)20-7-11(15(22)23)9-5-6-24-13(9)8-20/h1-4,8-9,11H,5-7H2,(H,22,23). The molecule has 0 radical (unpaired) electrons. The SMILES string of the molecule is O=C(O)C1CN(C(=O)c2ccccc2C(F)(F)F)C=C2OCCC21. The summed E-state index contributed by atoms with van der Waals surface area (Å²) in [7, 11) is 0. The summed E-state index contributed by atoms with van der Waals surface area (Å²) in [6, 6.07) is 4.45. The van der Waals surface area contributed by atoms with Gasteiger partial charge in [0, 0.05) is 18.7 Å². The number of carbonyl (C=O) groups is 2. The van der Waals surface area contributed by atoms with Gasteiger partial charge in [0.2, 0.25) is 0 Å². The molecule has 1 saturated heterocycles. The highest BCUT2D eigenvalue weighted by Gasteiger charge is 2.43.